The SMILES string of the molecule is CCNc1cnc(C(=O)N2CCC(C(C)(C)C)C2)cn1. The third-order valence-electron chi connectivity index (χ3n) is 3.93. The van der Waals surface area contributed by atoms with Crippen LogP contribution in [0.5, 0.6) is 0 Å². The topological polar surface area (TPSA) is 58.1 Å². The van der Waals surface area contributed by atoms with Crippen LogP contribution in [0, 0.1) is 11.3 Å². The fourth-order valence-corrected chi connectivity index (χ4v) is 2.52. The molecule has 1 N–H and O–H groups in total. The van der Waals surface area contributed by atoms with Crippen molar-refractivity contribution in [2.24, 2.45) is 11.3 Å². The molecular weight excluding hydrogens is 252 g/mol. The van der Waals surface area contributed by atoms with Gasteiger partial charge in [-0.15, -0.1) is 0 Å². The summed E-state index contributed by atoms with van der Waals surface area (Å²) in [6.07, 6.45) is 4.25. The molecule has 1 aromatic rings. The zero-order chi connectivity index (χ0) is 14.8. The Bertz CT molecular complexity index is 464. The molecule has 0 spiro atoms. The number of nitrogens with one attached hydrogen (secondary N) is 1. The molecule has 1 aromatic heterocycles. The number of aromatic nitrogens is 2. The number of anilines is 1. The molecule has 0 aromatic carbocycles. The van der Waals surface area contributed by atoms with E-state index in [0.717, 1.165) is 26.1 Å². The van der Waals surface area contributed by atoms with Gasteiger partial charge in [0.25, 0.3) is 5.91 Å². The van der Waals surface area contributed by atoms with Crippen molar-refractivity contribution >= 4 is 11.7 Å². The minimum Gasteiger partial charge on any atom is -0.369 e. The van der Waals surface area contributed by atoms with E-state index in [1.165, 1.54) is 0 Å². The lowest BCUT2D eigenvalue weighted by molar-refractivity contribution is 0.0770. The van der Waals surface area contributed by atoms with Gasteiger partial charge in [-0.2, -0.15) is 0 Å². The zero-order valence-electron chi connectivity index (χ0n) is 12.8. The van der Waals surface area contributed by atoms with Gasteiger partial charge in [0.2, 0.25) is 0 Å². The molecule has 0 saturated carbocycles. The van der Waals surface area contributed by atoms with Crippen LogP contribution in [0.1, 0.15) is 44.6 Å². The van der Waals surface area contributed by atoms with Crippen LogP contribution in [-0.4, -0.2) is 40.4 Å². The fraction of sp³-hybridized carbons (Fsp3) is 0.667. The smallest absolute Gasteiger partial charge is 0.274 e. The lowest BCUT2D eigenvalue weighted by Crippen LogP contribution is -2.31. The van der Waals surface area contributed by atoms with Crippen LogP contribution in [-0.2, 0) is 0 Å². The molecule has 110 valence electrons. The molecule has 1 amide bonds. The lowest BCUT2D eigenvalue weighted by atomic mass is 9.80. The largest absolute Gasteiger partial charge is 0.369 e. The van der Waals surface area contributed by atoms with Gasteiger partial charge in [-0.1, -0.05) is 20.8 Å². The first-order valence-electron chi connectivity index (χ1n) is 7.27. The van der Waals surface area contributed by atoms with Crippen molar-refractivity contribution in [3.63, 3.8) is 0 Å². The summed E-state index contributed by atoms with van der Waals surface area (Å²) < 4.78 is 0. The molecule has 1 saturated heterocycles. The van der Waals surface area contributed by atoms with Crippen molar-refractivity contribution < 1.29 is 4.79 Å². The second-order valence-electron chi connectivity index (χ2n) is 6.42. The molecule has 5 nitrogen and oxygen atoms in total. The second-order valence-corrected chi connectivity index (χ2v) is 6.42. The highest BCUT2D eigenvalue weighted by Crippen LogP contribution is 2.33. The maximum Gasteiger partial charge on any atom is 0.274 e. The molecule has 2 heterocycles. The number of nitrogens with zero attached hydrogens (tertiary/aromatic N) is 3. The first kappa shape index (κ1) is 14.8. The van der Waals surface area contributed by atoms with Crippen molar-refractivity contribution in [3.8, 4) is 0 Å². The number of carbonyl (C=O) groups excluding carboxylic acids is 1. The molecule has 5 heteroatoms. The number of amides is 1. The standard InChI is InChI=1S/C15H24N4O/c1-5-16-13-9-17-12(8-18-13)14(20)19-7-6-11(10-19)15(2,3)4/h8-9,11H,5-7,10H2,1-4H3,(H,16,18). The Hall–Kier alpha value is -1.65. The van der Waals surface area contributed by atoms with Crippen molar-refractivity contribution in [3.05, 3.63) is 18.1 Å². The quantitative estimate of drug-likeness (QED) is 0.921. The van der Waals surface area contributed by atoms with Gasteiger partial charge >= 0.3 is 0 Å². The fourth-order valence-electron chi connectivity index (χ4n) is 2.52. The summed E-state index contributed by atoms with van der Waals surface area (Å²) >= 11 is 0. The van der Waals surface area contributed by atoms with Gasteiger partial charge in [0.05, 0.1) is 12.4 Å². The van der Waals surface area contributed by atoms with Gasteiger partial charge < -0.3 is 10.2 Å². The summed E-state index contributed by atoms with van der Waals surface area (Å²) in [4.78, 5) is 22.7. The van der Waals surface area contributed by atoms with Gasteiger partial charge in [0.15, 0.2) is 0 Å². The summed E-state index contributed by atoms with van der Waals surface area (Å²) in [7, 11) is 0. The Morgan fingerprint density at radius 3 is 2.65 bits per heavy atom. The molecule has 1 aliphatic heterocycles. The summed E-state index contributed by atoms with van der Waals surface area (Å²) in [5, 5.41) is 3.07. The zero-order valence-corrected chi connectivity index (χ0v) is 12.8. The van der Waals surface area contributed by atoms with Crippen molar-refractivity contribution in [2.45, 2.75) is 34.1 Å². The third-order valence-corrected chi connectivity index (χ3v) is 3.93. The predicted molar refractivity (Wildman–Crippen MR) is 79.7 cm³/mol. The Balaban J connectivity index is 2.01. The van der Waals surface area contributed by atoms with Crippen LogP contribution < -0.4 is 5.32 Å². The molecule has 0 bridgehead atoms. The Labute approximate surface area is 120 Å². The number of likely N-dealkylation sites (tertiary alicyclic amines) is 1. The van der Waals surface area contributed by atoms with E-state index in [1.54, 1.807) is 12.4 Å². The highest BCUT2D eigenvalue weighted by molar-refractivity contribution is 5.92. The van der Waals surface area contributed by atoms with Crippen molar-refractivity contribution in [1.82, 2.24) is 14.9 Å². The van der Waals surface area contributed by atoms with Gasteiger partial charge in [-0.25, -0.2) is 9.97 Å². The average Bonchev–Trinajstić information content (AvgIpc) is 2.89. The number of hydrogen-bond donors (Lipinski definition) is 1. The van der Waals surface area contributed by atoms with E-state index in [9.17, 15) is 4.79 Å². The average molecular weight is 276 g/mol. The highest BCUT2D eigenvalue weighted by Gasteiger charge is 2.34. The van der Waals surface area contributed by atoms with Crippen LogP contribution in [0.2, 0.25) is 0 Å². The van der Waals surface area contributed by atoms with E-state index in [2.05, 4.69) is 36.1 Å². The summed E-state index contributed by atoms with van der Waals surface area (Å²) in [5.41, 5.74) is 0.677. The molecule has 1 atom stereocenters. The first-order chi connectivity index (χ1) is 9.41. The Kier molecular flexibility index (Phi) is 4.26. The maximum atomic E-state index is 12.4. The van der Waals surface area contributed by atoms with Gasteiger partial charge in [-0.05, 0) is 24.7 Å². The van der Waals surface area contributed by atoms with Crippen LogP contribution in [0.3, 0.4) is 0 Å². The monoisotopic (exact) mass is 276 g/mol. The first-order valence-corrected chi connectivity index (χ1v) is 7.27. The molecular formula is C15H24N4O. The minimum atomic E-state index is -0.00713. The summed E-state index contributed by atoms with van der Waals surface area (Å²) in [6, 6.07) is 0. The van der Waals surface area contributed by atoms with Crippen LogP contribution in [0.4, 0.5) is 5.82 Å². The molecule has 1 aliphatic rings. The van der Waals surface area contributed by atoms with Gasteiger partial charge in [0, 0.05) is 19.6 Å². The molecule has 0 aliphatic carbocycles. The van der Waals surface area contributed by atoms with E-state index in [0.29, 0.717) is 17.4 Å². The summed E-state index contributed by atoms with van der Waals surface area (Å²) in [6.45, 7) is 11.1. The second kappa shape index (κ2) is 5.77. The van der Waals surface area contributed by atoms with Gasteiger partial charge in [0.1, 0.15) is 11.5 Å². The molecule has 20 heavy (non-hydrogen) atoms. The van der Waals surface area contributed by atoms with Gasteiger partial charge in [-0.3, -0.25) is 4.79 Å². The molecule has 2 rings (SSSR count). The van der Waals surface area contributed by atoms with E-state index in [4.69, 9.17) is 0 Å². The molecule has 1 unspecified atom stereocenters. The third kappa shape index (κ3) is 3.26. The summed E-state index contributed by atoms with van der Waals surface area (Å²) in [5.74, 6) is 1.26. The van der Waals surface area contributed by atoms with E-state index < -0.39 is 0 Å². The Morgan fingerprint density at radius 2 is 2.15 bits per heavy atom. The lowest BCUT2D eigenvalue weighted by Gasteiger charge is -2.26. The number of hydrogen-bond acceptors (Lipinski definition) is 4. The number of rotatable bonds is 3. The van der Waals surface area contributed by atoms with E-state index >= 15 is 0 Å². The predicted octanol–water partition coefficient (Wildman–Crippen LogP) is 2.42. The highest BCUT2D eigenvalue weighted by atomic mass is 16.2. The molecule has 0 radical (unpaired) electrons. The number of carbonyl (C=O) groups is 1. The van der Waals surface area contributed by atoms with Crippen LogP contribution >= 0.6 is 0 Å². The normalized spacial score (nSPS) is 19.2. The molecule has 1 fully saturated rings. The maximum absolute atomic E-state index is 12.4. The van der Waals surface area contributed by atoms with Crippen LogP contribution in [0.25, 0.3) is 0 Å². The van der Waals surface area contributed by atoms with Crippen molar-refractivity contribution in [1.29, 1.82) is 0 Å². The Morgan fingerprint density at radius 1 is 1.40 bits per heavy atom. The van der Waals surface area contributed by atoms with Crippen molar-refractivity contribution in [2.75, 3.05) is 25.0 Å². The van der Waals surface area contributed by atoms with Crippen LogP contribution in [0.15, 0.2) is 12.4 Å². The minimum absolute atomic E-state index is 0.00713. The van der Waals surface area contributed by atoms with E-state index in [-0.39, 0.29) is 11.3 Å². The van der Waals surface area contributed by atoms with E-state index in [1.807, 2.05) is 11.8 Å².